The van der Waals surface area contributed by atoms with Crippen LogP contribution in [0.1, 0.15) is 44.3 Å². The third-order valence-corrected chi connectivity index (χ3v) is 5.40. The zero-order chi connectivity index (χ0) is 13.7. The maximum absolute atomic E-state index is 11.3. The molecule has 1 aromatic heterocycles. The van der Waals surface area contributed by atoms with E-state index in [1.165, 1.54) is 25.7 Å². The first kappa shape index (κ1) is 14.5. The van der Waals surface area contributed by atoms with Gasteiger partial charge in [-0.3, -0.25) is 4.68 Å². The van der Waals surface area contributed by atoms with Crippen LogP contribution in [-0.2, 0) is 16.4 Å². The van der Waals surface area contributed by atoms with E-state index >= 15 is 0 Å². The van der Waals surface area contributed by atoms with Crippen molar-refractivity contribution in [1.29, 1.82) is 0 Å². The molecule has 1 aliphatic rings. The predicted octanol–water partition coefficient (Wildman–Crippen LogP) is 1.52. The van der Waals surface area contributed by atoms with Crippen molar-refractivity contribution in [3.8, 4) is 0 Å². The minimum Gasteiger partial charge on any atom is -0.310 e. The second-order valence-electron chi connectivity index (χ2n) is 5.14. The van der Waals surface area contributed by atoms with E-state index in [0.717, 1.165) is 5.69 Å². The highest BCUT2D eigenvalue weighted by molar-refractivity contribution is 7.91. The van der Waals surface area contributed by atoms with Gasteiger partial charge in [-0.2, -0.15) is 5.10 Å². The van der Waals surface area contributed by atoms with Gasteiger partial charge in [0.05, 0.1) is 17.5 Å². The van der Waals surface area contributed by atoms with Gasteiger partial charge < -0.3 is 5.32 Å². The standard InChI is InChI=1S/C13H23N3O2S/c1-2-19(17,18)10-8-14-11-12-7-9-16(15-12)13-5-3-4-6-13/h7,9,13-14H,2-6,8,10-11H2,1H3. The van der Waals surface area contributed by atoms with Gasteiger partial charge in [-0.15, -0.1) is 0 Å². The van der Waals surface area contributed by atoms with Crippen molar-refractivity contribution < 1.29 is 8.42 Å². The molecule has 0 radical (unpaired) electrons. The van der Waals surface area contributed by atoms with Gasteiger partial charge >= 0.3 is 0 Å². The van der Waals surface area contributed by atoms with Gasteiger partial charge in [-0.1, -0.05) is 19.8 Å². The summed E-state index contributed by atoms with van der Waals surface area (Å²) in [4.78, 5) is 0. The quantitative estimate of drug-likeness (QED) is 0.772. The number of hydrogen-bond donors (Lipinski definition) is 1. The Labute approximate surface area is 115 Å². The van der Waals surface area contributed by atoms with Crippen LogP contribution in [0.15, 0.2) is 12.3 Å². The van der Waals surface area contributed by atoms with E-state index in [9.17, 15) is 8.42 Å². The monoisotopic (exact) mass is 285 g/mol. The van der Waals surface area contributed by atoms with Crippen molar-refractivity contribution in [2.24, 2.45) is 0 Å². The maximum atomic E-state index is 11.3. The summed E-state index contributed by atoms with van der Waals surface area (Å²) in [6.07, 6.45) is 7.09. The van der Waals surface area contributed by atoms with Gasteiger partial charge in [0.2, 0.25) is 0 Å². The summed E-state index contributed by atoms with van der Waals surface area (Å²) in [5.74, 6) is 0.415. The fourth-order valence-corrected chi connectivity index (χ4v) is 3.18. The summed E-state index contributed by atoms with van der Waals surface area (Å²) >= 11 is 0. The van der Waals surface area contributed by atoms with Crippen molar-refractivity contribution in [2.75, 3.05) is 18.1 Å². The normalized spacial score (nSPS) is 17.1. The molecular weight excluding hydrogens is 262 g/mol. The van der Waals surface area contributed by atoms with Crippen LogP contribution in [0.5, 0.6) is 0 Å². The smallest absolute Gasteiger partial charge is 0.151 e. The molecule has 0 saturated heterocycles. The second kappa shape index (κ2) is 6.52. The highest BCUT2D eigenvalue weighted by Crippen LogP contribution is 2.28. The third-order valence-electron chi connectivity index (χ3n) is 3.70. The Balaban J connectivity index is 1.74. The summed E-state index contributed by atoms with van der Waals surface area (Å²) in [5.41, 5.74) is 0.987. The van der Waals surface area contributed by atoms with Crippen LogP contribution in [0.3, 0.4) is 0 Å². The fourth-order valence-electron chi connectivity index (χ4n) is 2.43. The molecule has 1 heterocycles. The van der Waals surface area contributed by atoms with E-state index in [0.29, 0.717) is 19.1 Å². The number of hydrogen-bond acceptors (Lipinski definition) is 4. The molecule has 2 rings (SSSR count). The zero-order valence-electron chi connectivity index (χ0n) is 11.5. The Morgan fingerprint density at radius 2 is 2.16 bits per heavy atom. The number of aromatic nitrogens is 2. The molecule has 0 bridgehead atoms. The summed E-state index contributed by atoms with van der Waals surface area (Å²) in [5, 5.41) is 7.69. The lowest BCUT2D eigenvalue weighted by Gasteiger charge is -2.09. The van der Waals surface area contributed by atoms with Crippen molar-refractivity contribution in [3.05, 3.63) is 18.0 Å². The van der Waals surface area contributed by atoms with Crippen LogP contribution < -0.4 is 5.32 Å². The van der Waals surface area contributed by atoms with Crippen LogP contribution in [0.25, 0.3) is 0 Å². The first-order chi connectivity index (χ1) is 9.11. The molecule has 1 saturated carbocycles. The lowest BCUT2D eigenvalue weighted by atomic mass is 10.3. The number of nitrogens with zero attached hydrogens (tertiary/aromatic N) is 2. The average Bonchev–Trinajstić information content (AvgIpc) is 3.05. The van der Waals surface area contributed by atoms with Crippen LogP contribution in [-0.4, -0.2) is 36.2 Å². The largest absolute Gasteiger partial charge is 0.310 e. The van der Waals surface area contributed by atoms with E-state index in [2.05, 4.69) is 15.1 Å². The van der Waals surface area contributed by atoms with Crippen LogP contribution in [0.2, 0.25) is 0 Å². The molecule has 0 amide bonds. The molecule has 5 nitrogen and oxygen atoms in total. The van der Waals surface area contributed by atoms with E-state index in [1.54, 1.807) is 6.92 Å². The van der Waals surface area contributed by atoms with Gasteiger partial charge in [-0.05, 0) is 18.9 Å². The van der Waals surface area contributed by atoms with Gasteiger partial charge in [-0.25, -0.2) is 8.42 Å². The molecule has 19 heavy (non-hydrogen) atoms. The molecule has 1 fully saturated rings. The first-order valence-electron chi connectivity index (χ1n) is 7.06. The summed E-state index contributed by atoms with van der Waals surface area (Å²) in [6.45, 7) is 2.81. The van der Waals surface area contributed by atoms with Crippen LogP contribution in [0.4, 0.5) is 0 Å². The van der Waals surface area contributed by atoms with Gasteiger partial charge in [0.1, 0.15) is 0 Å². The minimum atomic E-state index is -2.87. The lowest BCUT2D eigenvalue weighted by molar-refractivity contribution is 0.461. The molecule has 0 unspecified atom stereocenters. The van der Waals surface area contributed by atoms with E-state index < -0.39 is 9.84 Å². The molecule has 1 aromatic rings. The molecule has 1 N–H and O–H groups in total. The molecular formula is C13H23N3O2S. The molecule has 0 atom stereocenters. The molecule has 1 aliphatic carbocycles. The number of rotatable bonds is 7. The summed E-state index contributed by atoms with van der Waals surface area (Å²) < 4.78 is 24.7. The highest BCUT2D eigenvalue weighted by Gasteiger charge is 2.17. The Hall–Kier alpha value is -0.880. The number of nitrogens with one attached hydrogen (secondary N) is 1. The Bertz CT molecular complexity index is 490. The van der Waals surface area contributed by atoms with E-state index in [4.69, 9.17) is 0 Å². The van der Waals surface area contributed by atoms with Crippen molar-refractivity contribution >= 4 is 9.84 Å². The minimum absolute atomic E-state index is 0.201. The van der Waals surface area contributed by atoms with E-state index in [-0.39, 0.29) is 11.5 Å². The van der Waals surface area contributed by atoms with Gasteiger partial charge in [0, 0.05) is 25.0 Å². The highest BCUT2D eigenvalue weighted by atomic mass is 32.2. The molecule has 0 aromatic carbocycles. The molecule has 0 aliphatic heterocycles. The van der Waals surface area contributed by atoms with Crippen molar-refractivity contribution in [3.63, 3.8) is 0 Å². The lowest BCUT2D eigenvalue weighted by Crippen LogP contribution is -2.23. The molecule has 6 heteroatoms. The first-order valence-corrected chi connectivity index (χ1v) is 8.88. The summed E-state index contributed by atoms with van der Waals surface area (Å²) in [6, 6.07) is 2.58. The Morgan fingerprint density at radius 1 is 1.42 bits per heavy atom. The van der Waals surface area contributed by atoms with Gasteiger partial charge in [0.25, 0.3) is 0 Å². The molecule has 108 valence electrons. The Morgan fingerprint density at radius 3 is 2.84 bits per heavy atom. The van der Waals surface area contributed by atoms with E-state index in [1.807, 2.05) is 12.3 Å². The van der Waals surface area contributed by atoms with Crippen LogP contribution >= 0.6 is 0 Å². The third kappa shape index (κ3) is 4.31. The number of sulfone groups is 1. The maximum Gasteiger partial charge on any atom is 0.151 e. The second-order valence-corrected chi connectivity index (χ2v) is 7.61. The topological polar surface area (TPSA) is 64.0 Å². The SMILES string of the molecule is CCS(=O)(=O)CCNCc1ccn(C2CCCC2)n1. The van der Waals surface area contributed by atoms with Gasteiger partial charge in [0.15, 0.2) is 9.84 Å². The fraction of sp³-hybridized carbons (Fsp3) is 0.769. The van der Waals surface area contributed by atoms with Crippen molar-refractivity contribution in [1.82, 2.24) is 15.1 Å². The Kier molecular flexibility index (Phi) is 4.99. The predicted molar refractivity (Wildman–Crippen MR) is 75.8 cm³/mol. The average molecular weight is 285 g/mol. The zero-order valence-corrected chi connectivity index (χ0v) is 12.3. The van der Waals surface area contributed by atoms with Crippen molar-refractivity contribution in [2.45, 2.75) is 45.2 Å². The molecule has 0 spiro atoms. The van der Waals surface area contributed by atoms with Crippen LogP contribution in [0, 0.1) is 0 Å². The summed E-state index contributed by atoms with van der Waals surface area (Å²) in [7, 11) is -2.87.